The van der Waals surface area contributed by atoms with E-state index in [-0.39, 0.29) is 28.6 Å². The number of fused-ring (bicyclic) bond motifs is 1. The molecule has 5 aromatic rings. The zero-order valence-corrected chi connectivity index (χ0v) is 21.3. The molecule has 0 atom stereocenters. The van der Waals surface area contributed by atoms with Crippen molar-refractivity contribution < 1.29 is 14.3 Å². The van der Waals surface area contributed by atoms with E-state index < -0.39 is 0 Å². The molecule has 0 bridgehead atoms. The summed E-state index contributed by atoms with van der Waals surface area (Å²) in [5.74, 6) is 0.378. The Morgan fingerprint density at radius 3 is 2.68 bits per heavy atom. The molecule has 3 aromatic heterocycles. The lowest BCUT2D eigenvalue weighted by molar-refractivity contribution is 0.0946. The van der Waals surface area contributed by atoms with Gasteiger partial charge in [-0.1, -0.05) is 55.5 Å². The molecule has 38 heavy (non-hydrogen) atoms. The van der Waals surface area contributed by atoms with Crippen molar-refractivity contribution in [1.82, 2.24) is 30.3 Å². The van der Waals surface area contributed by atoms with Gasteiger partial charge in [-0.25, -0.2) is 9.67 Å². The van der Waals surface area contributed by atoms with E-state index in [2.05, 4.69) is 51.6 Å². The SMILES string of the molecule is CC(C)(CCNC(=O)c1ccccc1O)Cc1cccc(Cn2nnc3c(-c4ccco4)nc(N)nc32)c1. The number of hydrogen-bond donors (Lipinski definition) is 3. The fraction of sp³-hybridized carbons (Fsp3) is 0.250. The van der Waals surface area contributed by atoms with Crippen LogP contribution in [0.2, 0.25) is 0 Å². The molecule has 0 saturated heterocycles. The van der Waals surface area contributed by atoms with Crippen LogP contribution in [0.15, 0.2) is 71.3 Å². The number of aromatic nitrogens is 5. The maximum Gasteiger partial charge on any atom is 0.255 e. The number of anilines is 1. The summed E-state index contributed by atoms with van der Waals surface area (Å²) in [7, 11) is 0. The topological polar surface area (TPSA) is 145 Å². The van der Waals surface area contributed by atoms with E-state index in [4.69, 9.17) is 10.2 Å². The van der Waals surface area contributed by atoms with Crippen LogP contribution in [0.5, 0.6) is 5.75 Å². The first-order chi connectivity index (χ1) is 18.3. The quantitative estimate of drug-likeness (QED) is 0.267. The Morgan fingerprint density at radius 2 is 1.89 bits per heavy atom. The van der Waals surface area contributed by atoms with E-state index in [1.54, 1.807) is 41.3 Å². The van der Waals surface area contributed by atoms with Crippen LogP contribution < -0.4 is 11.1 Å². The Labute approximate surface area is 219 Å². The minimum atomic E-state index is -0.277. The lowest BCUT2D eigenvalue weighted by Crippen LogP contribution is -2.29. The van der Waals surface area contributed by atoms with Crippen molar-refractivity contribution in [2.24, 2.45) is 5.41 Å². The number of para-hydroxylation sites is 1. The normalized spacial score (nSPS) is 11.6. The zero-order chi connectivity index (χ0) is 26.7. The van der Waals surface area contributed by atoms with Gasteiger partial charge in [0.25, 0.3) is 5.91 Å². The number of nitrogens with two attached hydrogens (primary N) is 1. The maximum absolute atomic E-state index is 12.4. The standard InChI is InChI=1S/C28H29N7O3/c1-28(2,12-13-30-26(37)20-9-3-4-10-21(20)36)16-18-7-5-8-19(15-18)17-35-25-24(33-34-35)23(31-27(29)32-25)22-11-6-14-38-22/h3-11,14-15,36H,12-13,16-17H2,1-2H3,(H,30,37)(H2,29,31,32). The number of rotatable bonds is 9. The molecule has 0 fully saturated rings. The summed E-state index contributed by atoms with van der Waals surface area (Å²) in [4.78, 5) is 21.1. The molecule has 5 rings (SSSR count). The third-order valence-corrected chi connectivity index (χ3v) is 6.38. The number of nitrogens with zero attached hydrogens (tertiary/aromatic N) is 5. The molecule has 0 spiro atoms. The molecule has 1 amide bonds. The first-order valence-corrected chi connectivity index (χ1v) is 12.3. The molecule has 0 radical (unpaired) electrons. The Bertz CT molecular complexity index is 1570. The summed E-state index contributed by atoms with van der Waals surface area (Å²) in [5, 5.41) is 21.4. The molecule has 3 heterocycles. The fourth-order valence-corrected chi connectivity index (χ4v) is 4.49. The van der Waals surface area contributed by atoms with Gasteiger partial charge in [0.05, 0.1) is 18.4 Å². The molecule has 194 valence electrons. The van der Waals surface area contributed by atoms with E-state index in [0.717, 1.165) is 18.4 Å². The highest BCUT2D eigenvalue weighted by atomic mass is 16.3. The molecule has 4 N–H and O–H groups in total. The second-order valence-corrected chi connectivity index (χ2v) is 10.0. The van der Waals surface area contributed by atoms with Crippen molar-refractivity contribution in [1.29, 1.82) is 0 Å². The predicted octanol–water partition coefficient (Wildman–Crippen LogP) is 4.21. The first kappa shape index (κ1) is 24.9. The lowest BCUT2D eigenvalue weighted by Gasteiger charge is -2.25. The molecule has 2 aromatic carbocycles. The summed E-state index contributed by atoms with van der Waals surface area (Å²) in [6, 6.07) is 18.4. The summed E-state index contributed by atoms with van der Waals surface area (Å²) in [6.07, 6.45) is 3.16. The van der Waals surface area contributed by atoms with Crippen LogP contribution in [0.4, 0.5) is 5.95 Å². The molecule has 10 heteroatoms. The van der Waals surface area contributed by atoms with E-state index >= 15 is 0 Å². The zero-order valence-electron chi connectivity index (χ0n) is 21.3. The number of benzene rings is 2. The van der Waals surface area contributed by atoms with Crippen molar-refractivity contribution >= 4 is 23.0 Å². The minimum absolute atomic E-state index is 0.0208. The van der Waals surface area contributed by atoms with Crippen molar-refractivity contribution in [3.63, 3.8) is 0 Å². The molecule has 0 unspecified atom stereocenters. The largest absolute Gasteiger partial charge is 0.507 e. The summed E-state index contributed by atoms with van der Waals surface area (Å²) >= 11 is 0. The van der Waals surface area contributed by atoms with E-state index in [1.165, 1.54) is 11.6 Å². The average molecular weight is 512 g/mol. The highest BCUT2D eigenvalue weighted by Gasteiger charge is 2.21. The third kappa shape index (κ3) is 5.49. The number of furan rings is 1. The van der Waals surface area contributed by atoms with Crippen molar-refractivity contribution in [2.75, 3.05) is 12.3 Å². The van der Waals surface area contributed by atoms with E-state index in [1.807, 2.05) is 12.1 Å². The van der Waals surface area contributed by atoms with Crippen LogP contribution in [-0.2, 0) is 13.0 Å². The smallest absolute Gasteiger partial charge is 0.255 e. The van der Waals surface area contributed by atoms with Gasteiger partial charge in [-0.3, -0.25) is 4.79 Å². The van der Waals surface area contributed by atoms with Crippen LogP contribution in [0.1, 0.15) is 41.8 Å². The van der Waals surface area contributed by atoms with Gasteiger partial charge >= 0.3 is 0 Å². The molecule has 10 nitrogen and oxygen atoms in total. The van der Waals surface area contributed by atoms with Crippen LogP contribution in [0.3, 0.4) is 0 Å². The third-order valence-electron chi connectivity index (χ3n) is 6.38. The average Bonchev–Trinajstić information content (AvgIpc) is 3.54. The van der Waals surface area contributed by atoms with Gasteiger partial charge in [-0.15, -0.1) is 5.10 Å². The number of carbonyl (C=O) groups excluding carboxylic acids is 1. The van der Waals surface area contributed by atoms with Gasteiger partial charge in [0.15, 0.2) is 16.9 Å². The fourth-order valence-electron chi connectivity index (χ4n) is 4.49. The summed E-state index contributed by atoms with van der Waals surface area (Å²) in [6.45, 7) is 5.32. The van der Waals surface area contributed by atoms with Crippen LogP contribution in [0.25, 0.3) is 22.6 Å². The number of phenols is 1. The number of aromatic hydroxyl groups is 1. The monoisotopic (exact) mass is 511 g/mol. The van der Waals surface area contributed by atoms with Crippen LogP contribution in [0, 0.1) is 5.41 Å². The molecule has 0 saturated carbocycles. The van der Waals surface area contributed by atoms with Gasteiger partial charge in [0.2, 0.25) is 5.95 Å². The lowest BCUT2D eigenvalue weighted by atomic mass is 9.82. The van der Waals surface area contributed by atoms with Crippen molar-refractivity contribution in [3.8, 4) is 17.2 Å². The Balaban J connectivity index is 1.26. The van der Waals surface area contributed by atoms with Crippen molar-refractivity contribution in [2.45, 2.75) is 33.2 Å². The summed E-state index contributed by atoms with van der Waals surface area (Å²) < 4.78 is 7.19. The Kier molecular flexibility index (Phi) is 6.78. The predicted molar refractivity (Wildman–Crippen MR) is 143 cm³/mol. The Morgan fingerprint density at radius 1 is 1.08 bits per heavy atom. The number of hydrogen-bond acceptors (Lipinski definition) is 8. The molecular formula is C28H29N7O3. The van der Waals surface area contributed by atoms with Gasteiger partial charge in [0, 0.05) is 6.54 Å². The van der Waals surface area contributed by atoms with Crippen LogP contribution in [-0.4, -0.2) is 42.5 Å². The van der Waals surface area contributed by atoms with E-state index in [0.29, 0.717) is 35.7 Å². The van der Waals surface area contributed by atoms with Crippen LogP contribution >= 0.6 is 0 Å². The van der Waals surface area contributed by atoms with Crippen molar-refractivity contribution in [3.05, 3.63) is 83.6 Å². The minimum Gasteiger partial charge on any atom is -0.507 e. The van der Waals surface area contributed by atoms with Gasteiger partial charge in [-0.2, -0.15) is 4.98 Å². The highest BCUT2D eigenvalue weighted by Crippen LogP contribution is 2.28. The summed E-state index contributed by atoms with van der Waals surface area (Å²) in [5.41, 5.74) is 9.98. The number of nitrogen functional groups attached to an aromatic ring is 1. The first-order valence-electron chi connectivity index (χ1n) is 12.3. The number of carbonyl (C=O) groups is 1. The van der Waals surface area contributed by atoms with Gasteiger partial charge < -0.3 is 20.6 Å². The van der Waals surface area contributed by atoms with Gasteiger partial charge in [0.1, 0.15) is 11.4 Å². The molecule has 0 aliphatic rings. The maximum atomic E-state index is 12.4. The Hall–Kier alpha value is -4.73. The number of nitrogens with one attached hydrogen (secondary N) is 1. The molecular weight excluding hydrogens is 482 g/mol. The van der Waals surface area contributed by atoms with E-state index in [9.17, 15) is 9.90 Å². The highest BCUT2D eigenvalue weighted by molar-refractivity contribution is 5.96. The second-order valence-electron chi connectivity index (χ2n) is 10.0. The molecule has 0 aliphatic carbocycles. The number of phenolic OH excluding ortho intramolecular Hbond substituents is 1. The second kappa shape index (κ2) is 10.3. The molecule has 0 aliphatic heterocycles. The number of amides is 1. The van der Waals surface area contributed by atoms with Gasteiger partial charge in [-0.05, 0) is 53.6 Å².